The molecule has 0 aliphatic rings. The van der Waals surface area contributed by atoms with E-state index in [1.54, 1.807) is 0 Å². The van der Waals surface area contributed by atoms with E-state index in [1.807, 2.05) is 88.4 Å². The predicted octanol–water partition coefficient (Wildman–Crippen LogP) is 8.11. The second kappa shape index (κ2) is 15.4. The zero-order valence-electron chi connectivity index (χ0n) is 27.4. The van der Waals surface area contributed by atoms with Crippen molar-refractivity contribution in [3.63, 3.8) is 0 Å². The molecule has 0 radical (unpaired) electrons. The van der Waals surface area contributed by atoms with Crippen LogP contribution >= 0.6 is 0 Å². The van der Waals surface area contributed by atoms with Crippen molar-refractivity contribution in [1.82, 2.24) is 0 Å². The quantitative estimate of drug-likeness (QED) is 0.138. The highest BCUT2D eigenvalue weighted by atomic mass is 16.6. The first-order valence-electron chi connectivity index (χ1n) is 14.9. The van der Waals surface area contributed by atoms with Crippen LogP contribution in [0.15, 0.2) is 96.1 Å². The van der Waals surface area contributed by atoms with Gasteiger partial charge in [-0.3, -0.25) is 0 Å². The molecule has 3 aromatic carbocycles. The van der Waals surface area contributed by atoms with Gasteiger partial charge >= 0.3 is 11.9 Å². The summed E-state index contributed by atoms with van der Waals surface area (Å²) >= 11 is 0. The lowest BCUT2D eigenvalue weighted by Crippen LogP contribution is -2.23. The smallest absolute Gasteiger partial charge is 0.344 e. The fraction of sp³-hybridized carbons (Fsp3) is 0.368. The molecule has 0 amide bonds. The van der Waals surface area contributed by atoms with E-state index in [0.29, 0.717) is 11.5 Å². The van der Waals surface area contributed by atoms with Crippen molar-refractivity contribution >= 4 is 11.9 Å². The maximum Gasteiger partial charge on any atom is 0.344 e. The molecule has 6 nitrogen and oxygen atoms in total. The lowest BCUT2D eigenvalue weighted by Gasteiger charge is -2.31. The van der Waals surface area contributed by atoms with Gasteiger partial charge in [0.2, 0.25) is 0 Å². The second-order valence-electron chi connectivity index (χ2n) is 12.4. The van der Waals surface area contributed by atoms with Crippen molar-refractivity contribution in [3.05, 3.63) is 118 Å². The van der Waals surface area contributed by atoms with Gasteiger partial charge in [0.25, 0.3) is 0 Å². The molecule has 44 heavy (non-hydrogen) atoms. The van der Waals surface area contributed by atoms with Gasteiger partial charge in [-0.15, -0.1) is 0 Å². The Balaban J connectivity index is 1.65. The molecule has 0 aliphatic heterocycles. The third-order valence-corrected chi connectivity index (χ3v) is 7.64. The molecule has 0 aliphatic carbocycles. The fourth-order valence-electron chi connectivity index (χ4n) is 4.54. The van der Waals surface area contributed by atoms with Crippen LogP contribution in [0.3, 0.4) is 0 Å². The average Bonchev–Trinajstić information content (AvgIpc) is 2.99. The van der Waals surface area contributed by atoms with Crippen molar-refractivity contribution < 1.29 is 28.5 Å². The maximum absolute atomic E-state index is 11.9. The topological polar surface area (TPSA) is 71.1 Å². The van der Waals surface area contributed by atoms with Crippen molar-refractivity contribution in [3.8, 4) is 11.5 Å². The summed E-state index contributed by atoms with van der Waals surface area (Å²) in [5.41, 5.74) is 6.28. The van der Waals surface area contributed by atoms with Crippen molar-refractivity contribution in [1.29, 1.82) is 0 Å². The van der Waals surface area contributed by atoms with E-state index >= 15 is 0 Å². The molecule has 0 atom stereocenters. The molecule has 0 bridgehead atoms. The van der Waals surface area contributed by atoms with Crippen LogP contribution in [0.4, 0.5) is 0 Å². The Hall–Kier alpha value is -4.32. The number of carbonyl (C=O) groups excluding carboxylic acids is 2. The van der Waals surface area contributed by atoms with Gasteiger partial charge in [-0.25, -0.2) is 9.59 Å². The van der Waals surface area contributed by atoms with Crippen LogP contribution in [0.5, 0.6) is 11.5 Å². The summed E-state index contributed by atoms with van der Waals surface area (Å²) < 4.78 is 21.6. The summed E-state index contributed by atoms with van der Waals surface area (Å²) in [6, 6.07) is 24.4. The Morgan fingerprint density at radius 1 is 0.568 bits per heavy atom. The standard InChI is InChI=1S/C38H46O6/c1-27(2)20-22-41-35(39)25-43-33-16-12-29(13-17-33)37(5,6)31-10-9-11-32(24-31)38(7,8)30-14-18-34(19-15-30)44-26-36(40)42-23-21-28(3)4/h9-21,24H,22-23,25-26H2,1-8H3. The van der Waals surface area contributed by atoms with Gasteiger partial charge in [0, 0.05) is 10.8 Å². The molecule has 0 saturated carbocycles. The molecular formula is C38H46O6. The van der Waals surface area contributed by atoms with Crippen LogP contribution in [0, 0.1) is 0 Å². The normalized spacial score (nSPS) is 11.3. The summed E-state index contributed by atoms with van der Waals surface area (Å²) in [5.74, 6) is 0.436. The van der Waals surface area contributed by atoms with E-state index in [1.165, 1.54) is 11.1 Å². The number of rotatable bonds is 14. The lowest BCUT2D eigenvalue weighted by molar-refractivity contribution is -0.145. The number of benzene rings is 3. The largest absolute Gasteiger partial charge is 0.482 e. The Kier molecular flexibility index (Phi) is 12.0. The van der Waals surface area contributed by atoms with Crippen LogP contribution in [0.25, 0.3) is 0 Å². The SMILES string of the molecule is CC(C)=CCOC(=O)COc1ccc(C(C)(C)c2cccc(C(C)(C)c3ccc(OCC(=O)OCC=C(C)C)cc3)c2)cc1. The van der Waals surface area contributed by atoms with E-state index in [-0.39, 0.29) is 37.3 Å². The molecular weight excluding hydrogens is 552 g/mol. The van der Waals surface area contributed by atoms with Crippen molar-refractivity contribution in [2.45, 2.75) is 66.2 Å². The van der Waals surface area contributed by atoms with Crippen molar-refractivity contribution in [2.75, 3.05) is 26.4 Å². The molecule has 3 rings (SSSR count). The lowest BCUT2D eigenvalue weighted by atomic mass is 9.73. The number of esters is 2. The Labute approximate surface area is 262 Å². The molecule has 0 aromatic heterocycles. The highest BCUT2D eigenvalue weighted by Crippen LogP contribution is 2.37. The average molecular weight is 599 g/mol. The highest BCUT2D eigenvalue weighted by Gasteiger charge is 2.28. The molecule has 3 aromatic rings. The molecule has 234 valence electrons. The third kappa shape index (κ3) is 9.87. The fourth-order valence-corrected chi connectivity index (χ4v) is 4.54. The molecule has 0 N–H and O–H groups in total. The molecule has 0 fully saturated rings. The van der Waals surface area contributed by atoms with Gasteiger partial charge in [0.05, 0.1) is 0 Å². The number of hydrogen-bond donors (Lipinski definition) is 0. The summed E-state index contributed by atoms with van der Waals surface area (Å²) in [6.07, 6.45) is 3.71. The zero-order chi connectivity index (χ0) is 32.3. The number of hydrogen-bond acceptors (Lipinski definition) is 6. The van der Waals surface area contributed by atoms with E-state index in [2.05, 4.69) is 52.0 Å². The third-order valence-electron chi connectivity index (χ3n) is 7.64. The zero-order valence-corrected chi connectivity index (χ0v) is 27.4. The summed E-state index contributed by atoms with van der Waals surface area (Å²) in [6.45, 7) is 16.9. The van der Waals surface area contributed by atoms with Crippen LogP contribution in [-0.2, 0) is 29.9 Å². The highest BCUT2D eigenvalue weighted by molar-refractivity contribution is 5.71. The first-order valence-corrected chi connectivity index (χ1v) is 14.9. The molecule has 6 heteroatoms. The van der Waals surface area contributed by atoms with E-state index < -0.39 is 11.9 Å². The van der Waals surface area contributed by atoms with E-state index in [4.69, 9.17) is 18.9 Å². The molecule has 0 heterocycles. The number of allylic oxidation sites excluding steroid dienone is 2. The van der Waals surface area contributed by atoms with Gasteiger partial charge in [0.15, 0.2) is 13.2 Å². The molecule has 0 spiro atoms. The maximum atomic E-state index is 11.9. The van der Waals surface area contributed by atoms with Crippen LogP contribution in [-0.4, -0.2) is 38.4 Å². The summed E-state index contributed by atoms with van der Waals surface area (Å²) in [7, 11) is 0. The minimum atomic E-state index is -0.399. The monoisotopic (exact) mass is 598 g/mol. The number of ether oxygens (including phenoxy) is 4. The van der Waals surface area contributed by atoms with Gasteiger partial charge < -0.3 is 18.9 Å². The predicted molar refractivity (Wildman–Crippen MR) is 175 cm³/mol. The van der Waals surface area contributed by atoms with E-state index in [9.17, 15) is 9.59 Å². The Morgan fingerprint density at radius 2 is 0.932 bits per heavy atom. The van der Waals surface area contributed by atoms with Crippen molar-refractivity contribution in [2.24, 2.45) is 0 Å². The summed E-state index contributed by atoms with van der Waals surface area (Å²) in [4.78, 5) is 23.9. The first kappa shape index (κ1) is 34.2. The Bertz CT molecular complexity index is 1340. The van der Waals surface area contributed by atoms with Crippen LogP contribution in [0.2, 0.25) is 0 Å². The summed E-state index contributed by atoms with van der Waals surface area (Å²) in [5, 5.41) is 0. The van der Waals surface area contributed by atoms with E-state index in [0.717, 1.165) is 22.3 Å². The molecule has 0 unspecified atom stereocenters. The van der Waals surface area contributed by atoms with Gasteiger partial charge in [-0.2, -0.15) is 0 Å². The first-order chi connectivity index (χ1) is 20.8. The minimum absolute atomic E-state index is 0.132. The van der Waals surface area contributed by atoms with Gasteiger partial charge in [0.1, 0.15) is 24.7 Å². The van der Waals surface area contributed by atoms with Crippen LogP contribution in [0.1, 0.15) is 77.6 Å². The second-order valence-corrected chi connectivity index (χ2v) is 12.4. The van der Waals surface area contributed by atoms with Crippen LogP contribution < -0.4 is 9.47 Å². The minimum Gasteiger partial charge on any atom is -0.482 e. The molecule has 0 saturated heterocycles. The van der Waals surface area contributed by atoms with Gasteiger partial charge in [-0.1, -0.05) is 87.4 Å². The number of carbonyl (C=O) groups is 2. The Morgan fingerprint density at radius 3 is 1.27 bits per heavy atom. The van der Waals surface area contributed by atoms with Gasteiger partial charge in [-0.05, 0) is 86.4 Å².